The number of amides is 1. The maximum absolute atomic E-state index is 12.9. The molecule has 0 radical (unpaired) electrons. The third-order valence-corrected chi connectivity index (χ3v) is 5.82. The van der Waals surface area contributed by atoms with Crippen LogP contribution in [-0.4, -0.2) is 32.1 Å². The fraction of sp³-hybridized carbons (Fsp3) is 0.300. The molecule has 0 spiro atoms. The number of nitrogens with zero attached hydrogens (tertiary/aromatic N) is 1. The highest BCUT2D eigenvalue weighted by Crippen LogP contribution is 2.12. The van der Waals surface area contributed by atoms with Gasteiger partial charge in [-0.3, -0.25) is 0 Å². The standard InChI is InChI=1S/C20H21FN2O4S/c1-2-18(23-20(24)27-19-9-7-17(21)8-10-19)14-28(25,26)12-11-15-3-5-16(13-22)6-4-15/h3-10,18H,2,11-12,14H2,1H3,(H,23,24). The van der Waals surface area contributed by atoms with Crippen LogP contribution in [0.4, 0.5) is 9.18 Å². The zero-order valence-corrected chi connectivity index (χ0v) is 16.2. The summed E-state index contributed by atoms with van der Waals surface area (Å²) in [6, 6.07) is 13.1. The van der Waals surface area contributed by atoms with Crippen LogP contribution in [0.3, 0.4) is 0 Å². The van der Waals surface area contributed by atoms with Gasteiger partial charge in [-0.2, -0.15) is 5.26 Å². The highest BCUT2D eigenvalue weighted by atomic mass is 32.2. The number of ether oxygens (including phenoxy) is 1. The molecule has 0 aliphatic rings. The average molecular weight is 404 g/mol. The van der Waals surface area contributed by atoms with Crippen LogP contribution in [0, 0.1) is 17.1 Å². The van der Waals surface area contributed by atoms with Crippen LogP contribution in [0.15, 0.2) is 48.5 Å². The molecular weight excluding hydrogens is 383 g/mol. The van der Waals surface area contributed by atoms with E-state index in [2.05, 4.69) is 5.32 Å². The van der Waals surface area contributed by atoms with E-state index in [0.29, 0.717) is 18.4 Å². The van der Waals surface area contributed by atoms with Crippen molar-refractivity contribution in [1.82, 2.24) is 5.32 Å². The monoisotopic (exact) mass is 404 g/mol. The van der Waals surface area contributed by atoms with E-state index >= 15 is 0 Å². The van der Waals surface area contributed by atoms with Crippen molar-refractivity contribution in [2.45, 2.75) is 25.8 Å². The van der Waals surface area contributed by atoms with E-state index in [1.807, 2.05) is 6.07 Å². The number of hydrogen-bond acceptors (Lipinski definition) is 5. The summed E-state index contributed by atoms with van der Waals surface area (Å²) in [5.41, 5.74) is 1.33. The molecule has 0 aromatic heterocycles. The summed E-state index contributed by atoms with van der Waals surface area (Å²) in [6.45, 7) is 1.76. The molecule has 1 amide bonds. The van der Waals surface area contributed by atoms with E-state index in [0.717, 1.165) is 17.7 Å². The molecule has 8 heteroatoms. The minimum absolute atomic E-state index is 0.0654. The number of nitrogens with one attached hydrogen (secondary N) is 1. The van der Waals surface area contributed by atoms with Crippen molar-refractivity contribution in [1.29, 1.82) is 5.26 Å². The van der Waals surface area contributed by atoms with Crippen molar-refractivity contribution in [3.63, 3.8) is 0 Å². The number of hydrogen-bond donors (Lipinski definition) is 1. The molecule has 2 aromatic carbocycles. The molecule has 1 atom stereocenters. The first kappa shape index (κ1) is 21.4. The Labute approximate surface area is 163 Å². The molecule has 0 saturated heterocycles. The summed E-state index contributed by atoms with van der Waals surface area (Å²) >= 11 is 0. The summed E-state index contributed by atoms with van der Waals surface area (Å²) in [5.74, 6) is -0.562. The summed E-state index contributed by atoms with van der Waals surface area (Å²) in [5, 5.41) is 11.3. The van der Waals surface area contributed by atoms with Gasteiger partial charge in [-0.05, 0) is 54.8 Å². The number of aryl methyl sites for hydroxylation is 1. The fourth-order valence-corrected chi connectivity index (χ4v) is 4.12. The highest BCUT2D eigenvalue weighted by Gasteiger charge is 2.20. The second kappa shape index (κ2) is 9.85. The summed E-state index contributed by atoms with van der Waals surface area (Å²) in [7, 11) is -3.42. The van der Waals surface area contributed by atoms with Gasteiger partial charge in [-0.25, -0.2) is 17.6 Å². The number of carbonyl (C=O) groups excluding carboxylic acids is 1. The SMILES string of the molecule is CCC(CS(=O)(=O)CCc1ccc(C#N)cc1)NC(=O)Oc1ccc(F)cc1. The van der Waals surface area contributed by atoms with Crippen LogP contribution in [0.1, 0.15) is 24.5 Å². The van der Waals surface area contributed by atoms with Crippen molar-refractivity contribution in [3.8, 4) is 11.8 Å². The molecule has 0 aliphatic carbocycles. The van der Waals surface area contributed by atoms with Crippen LogP contribution in [0.2, 0.25) is 0 Å². The molecular formula is C20H21FN2O4S. The van der Waals surface area contributed by atoms with Crippen LogP contribution >= 0.6 is 0 Å². The van der Waals surface area contributed by atoms with E-state index in [9.17, 15) is 17.6 Å². The Kier molecular flexibility index (Phi) is 7.52. The predicted molar refractivity (Wildman–Crippen MR) is 103 cm³/mol. The molecule has 148 valence electrons. The minimum atomic E-state index is -3.42. The average Bonchev–Trinajstić information content (AvgIpc) is 2.68. The molecule has 2 rings (SSSR count). The molecule has 0 heterocycles. The summed E-state index contributed by atoms with van der Waals surface area (Å²) in [4.78, 5) is 11.9. The van der Waals surface area contributed by atoms with E-state index < -0.39 is 27.8 Å². The normalized spacial score (nSPS) is 12.0. The molecule has 28 heavy (non-hydrogen) atoms. The number of carbonyl (C=O) groups is 1. The van der Waals surface area contributed by atoms with Gasteiger partial charge in [0.1, 0.15) is 11.6 Å². The van der Waals surface area contributed by atoms with E-state index in [-0.39, 0.29) is 17.3 Å². The highest BCUT2D eigenvalue weighted by molar-refractivity contribution is 7.91. The third kappa shape index (κ3) is 7.00. The quantitative estimate of drug-likeness (QED) is 0.729. The lowest BCUT2D eigenvalue weighted by Gasteiger charge is -2.17. The first-order valence-electron chi connectivity index (χ1n) is 8.74. The lowest BCUT2D eigenvalue weighted by molar-refractivity contribution is 0.196. The number of halogens is 1. The van der Waals surface area contributed by atoms with Crippen molar-refractivity contribution < 1.29 is 22.3 Å². The first-order valence-corrected chi connectivity index (χ1v) is 10.6. The van der Waals surface area contributed by atoms with Crippen molar-refractivity contribution in [2.75, 3.05) is 11.5 Å². The van der Waals surface area contributed by atoms with Gasteiger partial charge in [0.2, 0.25) is 0 Å². The van der Waals surface area contributed by atoms with Gasteiger partial charge in [0.05, 0.1) is 23.1 Å². The van der Waals surface area contributed by atoms with Gasteiger partial charge in [-0.1, -0.05) is 19.1 Å². The molecule has 1 N–H and O–H groups in total. The molecule has 0 aliphatic heterocycles. The van der Waals surface area contributed by atoms with Gasteiger partial charge in [0.25, 0.3) is 0 Å². The van der Waals surface area contributed by atoms with Crippen LogP contribution < -0.4 is 10.1 Å². The Balaban J connectivity index is 1.87. The molecule has 6 nitrogen and oxygen atoms in total. The lowest BCUT2D eigenvalue weighted by atomic mass is 10.1. The first-order chi connectivity index (χ1) is 13.3. The van der Waals surface area contributed by atoms with E-state index in [4.69, 9.17) is 10.00 Å². The largest absolute Gasteiger partial charge is 0.412 e. The number of sulfone groups is 1. The smallest absolute Gasteiger partial charge is 0.410 e. The second-order valence-electron chi connectivity index (χ2n) is 6.27. The maximum Gasteiger partial charge on any atom is 0.412 e. The molecule has 2 aromatic rings. The number of rotatable bonds is 8. The Bertz CT molecular complexity index is 936. The van der Waals surface area contributed by atoms with Crippen molar-refractivity contribution in [3.05, 3.63) is 65.5 Å². The second-order valence-corrected chi connectivity index (χ2v) is 8.49. The maximum atomic E-state index is 12.9. The van der Waals surface area contributed by atoms with Crippen LogP contribution in [-0.2, 0) is 16.3 Å². The zero-order chi connectivity index (χ0) is 20.6. The predicted octanol–water partition coefficient (Wildman–Crippen LogP) is 3.22. The van der Waals surface area contributed by atoms with Crippen molar-refractivity contribution in [2.24, 2.45) is 0 Å². The van der Waals surface area contributed by atoms with Crippen molar-refractivity contribution >= 4 is 15.9 Å². The summed E-state index contributed by atoms with van der Waals surface area (Å²) in [6.07, 6.45) is -0.0557. The summed E-state index contributed by atoms with van der Waals surface area (Å²) < 4.78 is 42.7. The Hall–Kier alpha value is -2.92. The van der Waals surface area contributed by atoms with E-state index in [1.165, 1.54) is 12.1 Å². The van der Waals surface area contributed by atoms with Gasteiger partial charge in [0.15, 0.2) is 9.84 Å². The van der Waals surface area contributed by atoms with E-state index in [1.54, 1.807) is 31.2 Å². The van der Waals surface area contributed by atoms with Gasteiger partial charge < -0.3 is 10.1 Å². The Morgan fingerprint density at radius 3 is 2.39 bits per heavy atom. The molecule has 0 fully saturated rings. The third-order valence-electron chi connectivity index (χ3n) is 4.08. The zero-order valence-electron chi connectivity index (χ0n) is 15.4. The number of nitriles is 1. The van der Waals surface area contributed by atoms with Crippen LogP contribution in [0.25, 0.3) is 0 Å². The fourth-order valence-electron chi connectivity index (χ4n) is 2.48. The molecule has 0 bridgehead atoms. The molecule has 1 unspecified atom stereocenters. The van der Waals surface area contributed by atoms with Gasteiger partial charge >= 0.3 is 6.09 Å². The minimum Gasteiger partial charge on any atom is -0.410 e. The Morgan fingerprint density at radius 1 is 1.18 bits per heavy atom. The topological polar surface area (TPSA) is 96.3 Å². The van der Waals surface area contributed by atoms with Gasteiger partial charge in [-0.15, -0.1) is 0 Å². The lowest BCUT2D eigenvalue weighted by Crippen LogP contribution is -2.41. The number of benzene rings is 2. The Morgan fingerprint density at radius 2 is 1.82 bits per heavy atom. The van der Waals surface area contributed by atoms with Gasteiger partial charge in [0, 0.05) is 6.04 Å². The molecule has 0 saturated carbocycles. The van der Waals surface area contributed by atoms with Crippen LogP contribution in [0.5, 0.6) is 5.75 Å².